The van der Waals surface area contributed by atoms with Gasteiger partial charge in [0.15, 0.2) is 5.43 Å². The standard InChI is InChI=1S/C16H15F3N2O2.CHF3O3S/c1-9-7-11(23-16(17,18)19)3-4-13(9)21-6-5-12-14(22)8-10(2)20-15(12)21;2-1(3,4)8(5,6)7/h3-4,7-8H,5-6H2,1-2H3,(H,20,22);(H,5,6,7). The summed E-state index contributed by atoms with van der Waals surface area (Å²) in [6, 6.07) is 5.75. The zero-order valence-corrected chi connectivity index (χ0v) is 16.7. The first-order chi connectivity index (χ1) is 14.0. The van der Waals surface area contributed by atoms with Gasteiger partial charge >= 0.3 is 22.0 Å². The molecule has 2 N–H and O–H groups in total. The van der Waals surface area contributed by atoms with Crippen molar-refractivity contribution in [3.63, 3.8) is 0 Å². The van der Waals surface area contributed by atoms with Gasteiger partial charge in [0.25, 0.3) is 0 Å². The maximum absolute atomic E-state index is 12.3. The Balaban J connectivity index is 0.000000366. The third-order valence-corrected chi connectivity index (χ3v) is 4.67. The molecule has 2 aromatic rings. The molecule has 1 aliphatic rings. The number of alkyl halides is 6. The molecule has 0 spiro atoms. The molecule has 14 heteroatoms. The van der Waals surface area contributed by atoms with Crippen LogP contribution in [0.1, 0.15) is 16.8 Å². The highest BCUT2D eigenvalue weighted by Gasteiger charge is 2.44. The predicted molar refractivity (Wildman–Crippen MR) is 98.0 cm³/mol. The Morgan fingerprint density at radius 1 is 1.10 bits per heavy atom. The number of hydrogen-bond donors (Lipinski definition) is 2. The van der Waals surface area contributed by atoms with Gasteiger partial charge in [-0.05, 0) is 44.0 Å². The molecule has 0 unspecified atom stereocenters. The normalized spacial score (nSPS) is 14.0. The Labute approximate surface area is 172 Å². The van der Waals surface area contributed by atoms with Crippen LogP contribution >= 0.6 is 0 Å². The van der Waals surface area contributed by atoms with Crippen LogP contribution in [0.5, 0.6) is 5.75 Å². The highest BCUT2D eigenvalue weighted by molar-refractivity contribution is 7.86. The number of nitrogens with zero attached hydrogens (tertiary/aromatic N) is 1. The van der Waals surface area contributed by atoms with Crippen LogP contribution in [0.15, 0.2) is 29.1 Å². The van der Waals surface area contributed by atoms with Crippen molar-refractivity contribution in [2.75, 3.05) is 11.4 Å². The van der Waals surface area contributed by atoms with Gasteiger partial charge in [-0.15, -0.1) is 13.2 Å². The molecule has 0 saturated heterocycles. The fraction of sp³-hybridized carbons (Fsp3) is 0.353. The summed E-state index contributed by atoms with van der Waals surface area (Å²) in [7, 11) is -5.84. The molecule has 0 saturated carbocycles. The van der Waals surface area contributed by atoms with Crippen molar-refractivity contribution in [2.24, 2.45) is 0 Å². The molecule has 1 aromatic carbocycles. The fourth-order valence-corrected chi connectivity index (χ4v) is 2.87. The lowest BCUT2D eigenvalue weighted by molar-refractivity contribution is -0.274. The summed E-state index contributed by atoms with van der Waals surface area (Å²) in [5, 5.41) is 0. The first-order valence-electron chi connectivity index (χ1n) is 8.40. The van der Waals surface area contributed by atoms with Gasteiger partial charge in [-0.2, -0.15) is 21.6 Å². The van der Waals surface area contributed by atoms with Gasteiger partial charge in [-0.3, -0.25) is 9.35 Å². The monoisotopic (exact) mass is 474 g/mol. The molecular formula is C17H16F6N2O5S. The number of halogens is 6. The number of benzene rings is 1. The highest BCUT2D eigenvalue weighted by Crippen LogP contribution is 2.35. The molecule has 0 atom stereocenters. The molecular weight excluding hydrogens is 458 g/mol. The van der Waals surface area contributed by atoms with E-state index in [0.717, 1.165) is 11.4 Å². The van der Waals surface area contributed by atoms with E-state index in [1.807, 2.05) is 4.90 Å². The van der Waals surface area contributed by atoms with Gasteiger partial charge in [0, 0.05) is 29.6 Å². The van der Waals surface area contributed by atoms with Gasteiger partial charge in [0.2, 0.25) is 0 Å². The number of anilines is 2. The first kappa shape index (κ1) is 24.5. The molecule has 172 valence electrons. The lowest BCUT2D eigenvalue weighted by Crippen LogP contribution is -2.21. The molecule has 0 fully saturated rings. The van der Waals surface area contributed by atoms with Gasteiger partial charge < -0.3 is 14.6 Å². The van der Waals surface area contributed by atoms with Crippen molar-refractivity contribution < 1.29 is 44.0 Å². The number of nitrogens with one attached hydrogen (secondary N) is 1. The molecule has 0 radical (unpaired) electrons. The Hall–Kier alpha value is -2.74. The zero-order valence-electron chi connectivity index (χ0n) is 15.9. The molecule has 0 bridgehead atoms. The highest BCUT2D eigenvalue weighted by atomic mass is 32.2. The van der Waals surface area contributed by atoms with E-state index in [2.05, 4.69) is 9.72 Å². The zero-order chi connectivity index (χ0) is 23.8. The summed E-state index contributed by atoms with van der Waals surface area (Å²) in [6.45, 7) is 4.11. The second kappa shape index (κ2) is 8.42. The maximum atomic E-state index is 12.3. The van der Waals surface area contributed by atoms with E-state index in [0.29, 0.717) is 29.9 Å². The molecule has 3 rings (SSSR count). The van der Waals surface area contributed by atoms with E-state index in [-0.39, 0.29) is 11.2 Å². The summed E-state index contributed by atoms with van der Waals surface area (Å²) < 4.78 is 98.3. The van der Waals surface area contributed by atoms with Crippen LogP contribution in [-0.2, 0) is 16.5 Å². The summed E-state index contributed by atoms with van der Waals surface area (Å²) in [5.41, 5.74) is -2.72. The van der Waals surface area contributed by atoms with Crippen molar-refractivity contribution in [3.05, 3.63) is 51.3 Å². The van der Waals surface area contributed by atoms with E-state index in [4.69, 9.17) is 13.0 Å². The maximum Gasteiger partial charge on any atom is 0.573 e. The van der Waals surface area contributed by atoms with E-state index in [1.165, 1.54) is 12.1 Å². The molecule has 0 aliphatic carbocycles. The van der Waals surface area contributed by atoms with Gasteiger partial charge in [-0.25, -0.2) is 0 Å². The summed E-state index contributed by atoms with van der Waals surface area (Å²) in [6.07, 6.45) is -4.11. The quantitative estimate of drug-likeness (QED) is 0.388. The van der Waals surface area contributed by atoms with Gasteiger partial charge in [0.1, 0.15) is 11.6 Å². The van der Waals surface area contributed by atoms with E-state index in [9.17, 15) is 31.1 Å². The van der Waals surface area contributed by atoms with Crippen molar-refractivity contribution in [2.45, 2.75) is 32.1 Å². The van der Waals surface area contributed by atoms with Crippen molar-refractivity contribution in [1.82, 2.24) is 4.98 Å². The van der Waals surface area contributed by atoms with Gasteiger partial charge in [-0.1, -0.05) is 0 Å². The van der Waals surface area contributed by atoms with E-state index < -0.39 is 22.0 Å². The van der Waals surface area contributed by atoms with Crippen LogP contribution in [-0.4, -0.2) is 36.4 Å². The average Bonchev–Trinajstić information content (AvgIpc) is 2.96. The molecule has 1 aromatic heterocycles. The van der Waals surface area contributed by atoms with Crippen molar-refractivity contribution in [1.29, 1.82) is 0 Å². The second-order valence-corrected chi connectivity index (χ2v) is 7.88. The Morgan fingerprint density at radius 2 is 1.68 bits per heavy atom. The Bertz CT molecular complexity index is 1130. The minimum Gasteiger partial charge on any atom is -0.406 e. The van der Waals surface area contributed by atoms with Crippen LogP contribution in [0.4, 0.5) is 37.8 Å². The molecule has 2 heterocycles. The fourth-order valence-electron chi connectivity index (χ4n) is 2.87. The second-order valence-electron chi connectivity index (χ2n) is 6.46. The van der Waals surface area contributed by atoms with Crippen LogP contribution in [0.3, 0.4) is 0 Å². The molecule has 0 amide bonds. The van der Waals surface area contributed by atoms with Crippen molar-refractivity contribution in [3.8, 4) is 5.75 Å². The topological polar surface area (TPSA) is 99.7 Å². The third kappa shape index (κ3) is 6.13. The number of pyridine rings is 1. The van der Waals surface area contributed by atoms with E-state index >= 15 is 0 Å². The minimum absolute atomic E-state index is 0.0200. The largest absolute Gasteiger partial charge is 0.573 e. The number of aromatic nitrogens is 1. The third-order valence-electron chi connectivity index (χ3n) is 4.09. The van der Waals surface area contributed by atoms with Crippen LogP contribution < -0.4 is 15.1 Å². The predicted octanol–water partition coefficient (Wildman–Crippen LogP) is 3.98. The summed E-state index contributed by atoms with van der Waals surface area (Å²) in [5.74, 6) is 0.457. The Morgan fingerprint density at radius 3 is 2.16 bits per heavy atom. The lowest BCUT2D eigenvalue weighted by atomic mass is 10.1. The van der Waals surface area contributed by atoms with Gasteiger partial charge in [0.05, 0.1) is 0 Å². The Kier molecular flexibility index (Phi) is 6.66. The number of rotatable bonds is 2. The number of H-pyrrole nitrogens is 1. The van der Waals surface area contributed by atoms with E-state index in [1.54, 1.807) is 26.0 Å². The van der Waals surface area contributed by atoms with Crippen LogP contribution in [0.25, 0.3) is 0 Å². The summed E-state index contributed by atoms with van der Waals surface area (Å²) in [4.78, 5) is 17.1. The SMILES string of the molecule is Cc1cc(=O)c2c([nH]1)N(c1ccc(OC(F)(F)F)cc1C)CC2.O=S(=O)(O)C(F)(F)F. The number of aromatic amines is 1. The molecule has 1 aliphatic heterocycles. The summed E-state index contributed by atoms with van der Waals surface area (Å²) >= 11 is 0. The smallest absolute Gasteiger partial charge is 0.406 e. The molecule has 7 nitrogen and oxygen atoms in total. The number of fused-ring (bicyclic) bond motifs is 1. The number of aryl methyl sites for hydroxylation is 2. The first-order valence-corrected chi connectivity index (χ1v) is 9.84. The average molecular weight is 474 g/mol. The lowest BCUT2D eigenvalue weighted by Gasteiger charge is -2.22. The minimum atomic E-state index is -5.84. The number of ether oxygens (including phenoxy) is 1. The van der Waals surface area contributed by atoms with Crippen LogP contribution in [0, 0.1) is 13.8 Å². The van der Waals surface area contributed by atoms with Crippen LogP contribution in [0.2, 0.25) is 0 Å². The number of hydrogen-bond acceptors (Lipinski definition) is 5. The van der Waals surface area contributed by atoms with Crippen molar-refractivity contribution >= 4 is 21.6 Å². The molecule has 31 heavy (non-hydrogen) atoms.